The summed E-state index contributed by atoms with van der Waals surface area (Å²) >= 11 is 0. The van der Waals surface area contributed by atoms with Crippen LogP contribution in [0.2, 0.25) is 0 Å². The highest BCUT2D eigenvalue weighted by Gasteiger charge is 2.29. The zero-order valence-corrected chi connectivity index (χ0v) is 15.4. The summed E-state index contributed by atoms with van der Waals surface area (Å²) < 4.78 is 19.5. The van der Waals surface area contributed by atoms with Crippen molar-refractivity contribution in [1.29, 1.82) is 0 Å². The van der Waals surface area contributed by atoms with Crippen molar-refractivity contribution in [3.8, 4) is 45.6 Å². The predicted octanol–water partition coefficient (Wildman–Crippen LogP) is 5.07. The highest BCUT2D eigenvalue weighted by molar-refractivity contribution is 5.82. The smallest absolute Gasteiger partial charge is 0.231 e. The van der Waals surface area contributed by atoms with Crippen LogP contribution in [0.3, 0.4) is 0 Å². The molecule has 0 amide bonds. The molecule has 5 heteroatoms. The number of benzene rings is 2. The lowest BCUT2D eigenvalue weighted by molar-refractivity contribution is 0.174. The lowest BCUT2D eigenvalue weighted by atomic mass is 9.99. The fourth-order valence-electron chi connectivity index (χ4n) is 4.12. The first-order valence-corrected chi connectivity index (χ1v) is 9.43. The first-order valence-electron chi connectivity index (χ1n) is 9.43. The Morgan fingerprint density at radius 2 is 1.79 bits per heavy atom. The average Bonchev–Trinajstić information content (AvgIpc) is 3.44. The van der Waals surface area contributed by atoms with E-state index in [4.69, 9.17) is 18.9 Å². The van der Waals surface area contributed by atoms with Gasteiger partial charge in [-0.05, 0) is 43.2 Å². The van der Waals surface area contributed by atoms with Gasteiger partial charge in [0, 0.05) is 17.7 Å². The molecular formula is C23H18N2O3. The van der Waals surface area contributed by atoms with E-state index in [1.807, 2.05) is 37.3 Å². The third-order valence-corrected chi connectivity index (χ3v) is 5.43. The van der Waals surface area contributed by atoms with Crippen molar-refractivity contribution in [3.63, 3.8) is 0 Å². The van der Waals surface area contributed by atoms with Crippen LogP contribution in [0.25, 0.3) is 34.1 Å². The largest absolute Gasteiger partial charge is 0.460 e. The Morgan fingerprint density at radius 3 is 2.57 bits per heavy atom. The number of rotatable bonds is 2. The summed E-state index contributed by atoms with van der Waals surface area (Å²) in [5.41, 5.74) is 5.38. The van der Waals surface area contributed by atoms with Crippen LogP contribution in [0.4, 0.5) is 0 Å². The SMILES string of the molecule is Cc1ccc(-c2c(-c3ccccc3)nc3n2CCc2cc4c(cc2-3)OCO4)o1. The highest BCUT2D eigenvalue weighted by atomic mass is 16.7. The van der Waals surface area contributed by atoms with E-state index in [0.29, 0.717) is 0 Å². The fourth-order valence-corrected chi connectivity index (χ4v) is 4.12. The van der Waals surface area contributed by atoms with Crippen molar-refractivity contribution >= 4 is 0 Å². The fraction of sp³-hybridized carbons (Fsp3) is 0.174. The minimum Gasteiger partial charge on any atom is -0.460 e. The van der Waals surface area contributed by atoms with Gasteiger partial charge >= 0.3 is 0 Å². The number of ether oxygens (including phenoxy) is 2. The third-order valence-electron chi connectivity index (χ3n) is 5.43. The number of aryl methyl sites for hydroxylation is 2. The number of imidazole rings is 1. The summed E-state index contributed by atoms with van der Waals surface area (Å²) in [7, 11) is 0. The summed E-state index contributed by atoms with van der Waals surface area (Å²) in [6, 6.07) is 18.5. The molecule has 2 aromatic carbocycles. The molecule has 4 aromatic rings. The third kappa shape index (κ3) is 2.22. The maximum atomic E-state index is 6.01. The van der Waals surface area contributed by atoms with Crippen molar-refractivity contribution in [2.75, 3.05) is 6.79 Å². The Balaban J connectivity index is 1.62. The molecule has 138 valence electrons. The van der Waals surface area contributed by atoms with Gasteiger partial charge in [0.1, 0.15) is 23.0 Å². The summed E-state index contributed by atoms with van der Waals surface area (Å²) in [5, 5.41) is 0. The van der Waals surface area contributed by atoms with E-state index < -0.39 is 0 Å². The minimum atomic E-state index is 0.277. The van der Waals surface area contributed by atoms with Crippen LogP contribution in [-0.4, -0.2) is 16.3 Å². The quantitative estimate of drug-likeness (QED) is 0.494. The Hall–Kier alpha value is -3.47. The van der Waals surface area contributed by atoms with Crippen molar-refractivity contribution in [2.24, 2.45) is 0 Å². The molecule has 2 aromatic heterocycles. The first-order chi connectivity index (χ1) is 13.8. The molecule has 0 saturated carbocycles. The van der Waals surface area contributed by atoms with E-state index in [0.717, 1.165) is 64.3 Å². The topological polar surface area (TPSA) is 49.4 Å². The van der Waals surface area contributed by atoms with E-state index in [2.05, 4.69) is 28.8 Å². The molecule has 0 N–H and O–H groups in total. The maximum absolute atomic E-state index is 6.01. The van der Waals surface area contributed by atoms with Crippen molar-refractivity contribution in [3.05, 3.63) is 65.9 Å². The van der Waals surface area contributed by atoms with Crippen LogP contribution in [0, 0.1) is 6.92 Å². The average molecular weight is 370 g/mol. The number of hydrogen-bond acceptors (Lipinski definition) is 4. The van der Waals surface area contributed by atoms with Crippen LogP contribution in [0.5, 0.6) is 11.5 Å². The van der Waals surface area contributed by atoms with Gasteiger partial charge in [-0.25, -0.2) is 4.98 Å². The Kier molecular flexibility index (Phi) is 3.20. The maximum Gasteiger partial charge on any atom is 0.231 e. The van der Waals surface area contributed by atoms with Gasteiger partial charge in [-0.3, -0.25) is 0 Å². The van der Waals surface area contributed by atoms with Gasteiger partial charge in [-0.1, -0.05) is 30.3 Å². The molecule has 28 heavy (non-hydrogen) atoms. The van der Waals surface area contributed by atoms with Gasteiger partial charge in [-0.15, -0.1) is 0 Å². The number of fused-ring (bicyclic) bond motifs is 4. The molecule has 6 rings (SSSR count). The minimum absolute atomic E-state index is 0.277. The van der Waals surface area contributed by atoms with E-state index in [1.165, 1.54) is 5.56 Å². The van der Waals surface area contributed by atoms with Gasteiger partial charge in [0.25, 0.3) is 0 Å². The van der Waals surface area contributed by atoms with E-state index in [-0.39, 0.29) is 6.79 Å². The normalized spacial score (nSPS) is 14.0. The van der Waals surface area contributed by atoms with Crippen LogP contribution in [0.15, 0.2) is 59.0 Å². The second kappa shape index (κ2) is 5.76. The number of nitrogens with zero attached hydrogens (tertiary/aromatic N) is 2. The van der Waals surface area contributed by atoms with Crippen molar-refractivity contribution < 1.29 is 13.9 Å². The zero-order valence-electron chi connectivity index (χ0n) is 15.4. The number of aromatic nitrogens is 2. The summed E-state index contributed by atoms with van der Waals surface area (Å²) in [6.07, 6.45) is 0.913. The van der Waals surface area contributed by atoms with Crippen LogP contribution < -0.4 is 9.47 Å². The molecule has 0 fully saturated rings. The summed E-state index contributed by atoms with van der Waals surface area (Å²) in [4.78, 5) is 5.08. The summed E-state index contributed by atoms with van der Waals surface area (Å²) in [5.74, 6) is 4.29. The second-order valence-corrected chi connectivity index (χ2v) is 7.17. The molecule has 2 aliphatic rings. The standard InChI is InChI=1S/C23H18N2O3/c1-14-7-8-18(28-14)22-21(15-5-3-2-4-6-15)24-23-17-12-20-19(26-13-27-20)11-16(17)9-10-25(22)23/h2-8,11-12H,9-10,13H2,1H3. The molecule has 4 heterocycles. The number of furan rings is 1. The highest BCUT2D eigenvalue weighted by Crippen LogP contribution is 2.44. The first kappa shape index (κ1) is 15.6. The molecule has 0 unspecified atom stereocenters. The lowest BCUT2D eigenvalue weighted by Crippen LogP contribution is -2.12. The molecule has 0 atom stereocenters. The van der Waals surface area contributed by atoms with Gasteiger partial charge in [-0.2, -0.15) is 0 Å². The van der Waals surface area contributed by atoms with Gasteiger partial charge < -0.3 is 18.5 Å². The monoisotopic (exact) mass is 370 g/mol. The van der Waals surface area contributed by atoms with Crippen molar-refractivity contribution in [2.45, 2.75) is 19.9 Å². The molecular weight excluding hydrogens is 352 g/mol. The number of hydrogen-bond donors (Lipinski definition) is 0. The second-order valence-electron chi connectivity index (χ2n) is 7.17. The van der Waals surface area contributed by atoms with E-state index >= 15 is 0 Å². The van der Waals surface area contributed by atoms with E-state index in [9.17, 15) is 0 Å². The molecule has 5 nitrogen and oxygen atoms in total. The molecule has 0 saturated heterocycles. The molecule has 2 aliphatic heterocycles. The Morgan fingerprint density at radius 1 is 0.964 bits per heavy atom. The molecule has 0 aliphatic carbocycles. The molecule has 0 spiro atoms. The van der Waals surface area contributed by atoms with Crippen LogP contribution >= 0.6 is 0 Å². The summed E-state index contributed by atoms with van der Waals surface area (Å²) in [6.45, 7) is 3.09. The van der Waals surface area contributed by atoms with Crippen LogP contribution in [-0.2, 0) is 13.0 Å². The van der Waals surface area contributed by atoms with Crippen molar-refractivity contribution in [1.82, 2.24) is 9.55 Å². The lowest BCUT2D eigenvalue weighted by Gasteiger charge is -2.20. The zero-order chi connectivity index (χ0) is 18.7. The van der Waals surface area contributed by atoms with Gasteiger partial charge in [0.2, 0.25) is 6.79 Å². The van der Waals surface area contributed by atoms with Crippen LogP contribution in [0.1, 0.15) is 11.3 Å². The van der Waals surface area contributed by atoms with Gasteiger partial charge in [0.05, 0.1) is 0 Å². The molecule has 0 bridgehead atoms. The predicted molar refractivity (Wildman–Crippen MR) is 105 cm³/mol. The van der Waals surface area contributed by atoms with E-state index in [1.54, 1.807) is 0 Å². The van der Waals surface area contributed by atoms with Gasteiger partial charge in [0.15, 0.2) is 17.3 Å². The molecule has 0 radical (unpaired) electrons. The Labute approximate surface area is 162 Å². The Bertz CT molecular complexity index is 1200.